The van der Waals surface area contributed by atoms with Crippen LogP contribution < -0.4 is 4.90 Å². The van der Waals surface area contributed by atoms with Crippen molar-refractivity contribution in [3.8, 4) is 0 Å². The number of pyridine rings is 1. The molecule has 110 valence electrons. The zero-order chi connectivity index (χ0) is 15.1. The van der Waals surface area contributed by atoms with Gasteiger partial charge in [0.15, 0.2) is 0 Å². The van der Waals surface area contributed by atoms with E-state index in [1.165, 1.54) is 0 Å². The second-order valence-electron chi connectivity index (χ2n) is 4.92. The number of unbranched alkanes of at least 4 members (excludes halogenated alkanes) is 1. The van der Waals surface area contributed by atoms with E-state index in [0.717, 1.165) is 24.1 Å². The summed E-state index contributed by atoms with van der Waals surface area (Å²) in [5, 5.41) is 0.668. The molecule has 0 bridgehead atoms. The van der Waals surface area contributed by atoms with Gasteiger partial charge in [-0.05, 0) is 42.3 Å². The van der Waals surface area contributed by atoms with Gasteiger partial charge in [0.25, 0.3) is 0 Å². The van der Waals surface area contributed by atoms with E-state index in [4.69, 9.17) is 11.6 Å². The molecule has 0 saturated heterocycles. The highest BCUT2D eigenvalue weighted by Gasteiger charge is 2.15. The highest BCUT2D eigenvalue weighted by Crippen LogP contribution is 2.21. The van der Waals surface area contributed by atoms with Crippen LogP contribution in [0, 0.1) is 0 Å². The minimum Gasteiger partial charge on any atom is -0.308 e. The quantitative estimate of drug-likeness (QED) is 0.789. The number of rotatable bonds is 6. The molecule has 1 aromatic heterocycles. The Morgan fingerprint density at radius 2 is 2.00 bits per heavy atom. The first kappa shape index (κ1) is 15.5. The molecule has 0 aliphatic carbocycles. The standard InChI is InChI=1S/C17H19ClN2O/c1-2-3-6-17(21)20(13-14-5-4-11-19-12-14)16-9-7-15(18)8-10-16/h4-5,7-12H,2-3,6,13H2,1H3. The lowest BCUT2D eigenvalue weighted by Crippen LogP contribution is -2.30. The number of aromatic nitrogens is 1. The summed E-state index contributed by atoms with van der Waals surface area (Å²) in [6.07, 6.45) is 5.98. The van der Waals surface area contributed by atoms with E-state index in [1.54, 1.807) is 29.4 Å². The Balaban J connectivity index is 2.21. The Labute approximate surface area is 130 Å². The predicted octanol–water partition coefficient (Wildman–Crippen LogP) is 4.46. The first-order valence-electron chi connectivity index (χ1n) is 7.15. The molecule has 0 atom stereocenters. The fourth-order valence-corrected chi connectivity index (χ4v) is 2.21. The van der Waals surface area contributed by atoms with E-state index in [-0.39, 0.29) is 5.91 Å². The number of hydrogen-bond donors (Lipinski definition) is 0. The van der Waals surface area contributed by atoms with Crippen LogP contribution in [0.15, 0.2) is 48.8 Å². The van der Waals surface area contributed by atoms with Crippen molar-refractivity contribution in [2.24, 2.45) is 0 Å². The summed E-state index contributed by atoms with van der Waals surface area (Å²) in [6, 6.07) is 11.2. The molecule has 3 nitrogen and oxygen atoms in total. The molecule has 0 radical (unpaired) electrons. The highest BCUT2D eigenvalue weighted by atomic mass is 35.5. The third-order valence-electron chi connectivity index (χ3n) is 3.25. The van der Waals surface area contributed by atoms with Crippen LogP contribution in [0.1, 0.15) is 31.7 Å². The molecule has 0 aliphatic rings. The van der Waals surface area contributed by atoms with Crippen molar-refractivity contribution in [1.82, 2.24) is 4.98 Å². The number of benzene rings is 1. The van der Waals surface area contributed by atoms with Gasteiger partial charge in [0.2, 0.25) is 5.91 Å². The molecule has 0 saturated carbocycles. The van der Waals surface area contributed by atoms with E-state index in [2.05, 4.69) is 11.9 Å². The fraction of sp³-hybridized carbons (Fsp3) is 0.294. The van der Waals surface area contributed by atoms with E-state index < -0.39 is 0 Å². The third-order valence-corrected chi connectivity index (χ3v) is 3.50. The van der Waals surface area contributed by atoms with Crippen molar-refractivity contribution in [3.05, 3.63) is 59.4 Å². The lowest BCUT2D eigenvalue weighted by Gasteiger charge is -2.23. The summed E-state index contributed by atoms with van der Waals surface area (Å²) in [6.45, 7) is 2.61. The lowest BCUT2D eigenvalue weighted by atomic mass is 10.2. The predicted molar refractivity (Wildman–Crippen MR) is 86.4 cm³/mol. The number of hydrogen-bond acceptors (Lipinski definition) is 2. The summed E-state index contributed by atoms with van der Waals surface area (Å²) >= 11 is 5.93. The molecule has 0 fully saturated rings. The number of amides is 1. The Morgan fingerprint density at radius 3 is 2.62 bits per heavy atom. The number of halogens is 1. The third kappa shape index (κ3) is 4.57. The van der Waals surface area contributed by atoms with Crippen LogP contribution in [0.25, 0.3) is 0 Å². The van der Waals surface area contributed by atoms with E-state index in [0.29, 0.717) is 18.0 Å². The average Bonchev–Trinajstić information content (AvgIpc) is 2.52. The van der Waals surface area contributed by atoms with Gasteiger partial charge in [-0.3, -0.25) is 9.78 Å². The molecule has 0 N–H and O–H groups in total. The molecule has 2 aromatic rings. The first-order valence-corrected chi connectivity index (χ1v) is 7.53. The molecule has 1 amide bonds. The number of anilines is 1. The number of nitrogens with zero attached hydrogens (tertiary/aromatic N) is 2. The summed E-state index contributed by atoms with van der Waals surface area (Å²) < 4.78 is 0. The first-order chi connectivity index (χ1) is 10.2. The van der Waals surface area contributed by atoms with Crippen molar-refractivity contribution in [2.45, 2.75) is 32.7 Å². The van der Waals surface area contributed by atoms with Crippen molar-refractivity contribution < 1.29 is 4.79 Å². The second-order valence-corrected chi connectivity index (χ2v) is 5.36. The van der Waals surface area contributed by atoms with Crippen molar-refractivity contribution in [2.75, 3.05) is 4.90 Å². The minimum atomic E-state index is 0.128. The normalized spacial score (nSPS) is 10.4. The lowest BCUT2D eigenvalue weighted by molar-refractivity contribution is -0.118. The topological polar surface area (TPSA) is 33.2 Å². The Morgan fingerprint density at radius 1 is 1.24 bits per heavy atom. The van der Waals surface area contributed by atoms with Crippen LogP contribution in [0.2, 0.25) is 5.02 Å². The Kier molecular flexibility index (Phi) is 5.76. The van der Waals surface area contributed by atoms with Gasteiger partial charge < -0.3 is 4.90 Å². The molecule has 0 aliphatic heterocycles. The van der Waals surface area contributed by atoms with Crippen molar-refractivity contribution in [1.29, 1.82) is 0 Å². The summed E-state index contributed by atoms with van der Waals surface area (Å²) in [7, 11) is 0. The SMILES string of the molecule is CCCCC(=O)N(Cc1cccnc1)c1ccc(Cl)cc1. The molecule has 4 heteroatoms. The summed E-state index contributed by atoms with van der Waals surface area (Å²) in [5.41, 5.74) is 1.88. The van der Waals surface area contributed by atoms with Crippen LogP contribution in [0.4, 0.5) is 5.69 Å². The van der Waals surface area contributed by atoms with E-state index in [9.17, 15) is 4.79 Å². The van der Waals surface area contributed by atoms with Gasteiger partial charge in [0, 0.05) is 29.5 Å². The van der Waals surface area contributed by atoms with Crippen LogP contribution in [0.5, 0.6) is 0 Å². The van der Waals surface area contributed by atoms with Crippen molar-refractivity contribution >= 4 is 23.2 Å². The van der Waals surface area contributed by atoms with E-state index in [1.807, 2.05) is 24.3 Å². The molecule has 2 rings (SSSR count). The average molecular weight is 303 g/mol. The number of carbonyl (C=O) groups excluding carboxylic acids is 1. The minimum absolute atomic E-state index is 0.128. The van der Waals surface area contributed by atoms with Crippen LogP contribution in [-0.4, -0.2) is 10.9 Å². The Bertz CT molecular complexity index is 569. The van der Waals surface area contributed by atoms with Crippen LogP contribution in [-0.2, 0) is 11.3 Å². The summed E-state index contributed by atoms with van der Waals surface area (Å²) in [4.78, 5) is 18.4. The van der Waals surface area contributed by atoms with Gasteiger partial charge >= 0.3 is 0 Å². The molecule has 1 heterocycles. The van der Waals surface area contributed by atoms with Gasteiger partial charge in [-0.1, -0.05) is 31.0 Å². The van der Waals surface area contributed by atoms with Crippen LogP contribution in [0.3, 0.4) is 0 Å². The smallest absolute Gasteiger partial charge is 0.227 e. The maximum absolute atomic E-state index is 12.5. The van der Waals surface area contributed by atoms with Crippen molar-refractivity contribution in [3.63, 3.8) is 0 Å². The highest BCUT2D eigenvalue weighted by molar-refractivity contribution is 6.30. The molecular weight excluding hydrogens is 284 g/mol. The van der Waals surface area contributed by atoms with Gasteiger partial charge in [-0.15, -0.1) is 0 Å². The molecule has 1 aromatic carbocycles. The van der Waals surface area contributed by atoms with Gasteiger partial charge in [0.1, 0.15) is 0 Å². The monoisotopic (exact) mass is 302 g/mol. The molecule has 21 heavy (non-hydrogen) atoms. The number of carbonyl (C=O) groups is 1. The van der Waals surface area contributed by atoms with E-state index >= 15 is 0 Å². The summed E-state index contributed by atoms with van der Waals surface area (Å²) in [5.74, 6) is 0.128. The zero-order valence-electron chi connectivity index (χ0n) is 12.1. The fourth-order valence-electron chi connectivity index (χ4n) is 2.08. The Hall–Kier alpha value is -1.87. The van der Waals surface area contributed by atoms with Gasteiger partial charge in [0.05, 0.1) is 6.54 Å². The van der Waals surface area contributed by atoms with Gasteiger partial charge in [-0.25, -0.2) is 0 Å². The molecular formula is C17H19ClN2O. The molecule has 0 spiro atoms. The maximum atomic E-state index is 12.5. The zero-order valence-corrected chi connectivity index (χ0v) is 12.9. The molecule has 0 unspecified atom stereocenters. The van der Waals surface area contributed by atoms with Gasteiger partial charge in [-0.2, -0.15) is 0 Å². The van der Waals surface area contributed by atoms with Crippen LogP contribution >= 0.6 is 11.6 Å². The largest absolute Gasteiger partial charge is 0.308 e. The maximum Gasteiger partial charge on any atom is 0.227 e. The second kappa shape index (κ2) is 7.79.